The van der Waals surface area contributed by atoms with E-state index in [1.54, 1.807) is 0 Å². The summed E-state index contributed by atoms with van der Waals surface area (Å²) < 4.78 is 0. The molecule has 0 heterocycles. The fraction of sp³-hybridized carbons (Fsp3) is 0.368. The van der Waals surface area contributed by atoms with Crippen LogP contribution in [0.5, 0.6) is 0 Å². The molecule has 0 spiro atoms. The van der Waals surface area contributed by atoms with Crippen molar-refractivity contribution in [3.05, 3.63) is 59.2 Å². The number of nitrogens with zero attached hydrogens (tertiary/aromatic N) is 1. The van der Waals surface area contributed by atoms with Gasteiger partial charge in [0.05, 0.1) is 0 Å². The van der Waals surface area contributed by atoms with Gasteiger partial charge in [-0.3, -0.25) is 0 Å². The van der Waals surface area contributed by atoms with E-state index in [9.17, 15) is 0 Å². The highest BCUT2D eigenvalue weighted by Crippen LogP contribution is 2.33. The number of nitrogens with one attached hydrogen (secondary N) is 1. The zero-order valence-corrected chi connectivity index (χ0v) is 13.8. The Morgan fingerprint density at radius 3 is 2.38 bits per heavy atom. The molecule has 2 aromatic carbocycles. The van der Waals surface area contributed by atoms with Crippen LogP contribution in [0.25, 0.3) is 0 Å². The molecule has 0 aliphatic carbocycles. The molecule has 0 saturated carbocycles. The lowest BCUT2D eigenvalue weighted by Crippen LogP contribution is -2.20. The third kappa shape index (κ3) is 3.27. The van der Waals surface area contributed by atoms with Gasteiger partial charge in [0.1, 0.15) is 0 Å². The van der Waals surface area contributed by atoms with E-state index in [4.69, 9.17) is 0 Å². The molecule has 21 heavy (non-hydrogen) atoms. The van der Waals surface area contributed by atoms with Gasteiger partial charge >= 0.3 is 0 Å². The zero-order valence-electron chi connectivity index (χ0n) is 13.8. The van der Waals surface area contributed by atoms with Gasteiger partial charge in [-0.05, 0) is 50.6 Å². The number of hydrogen-bond acceptors (Lipinski definition) is 2. The Labute approximate surface area is 128 Å². The molecule has 0 radical (unpaired) electrons. The standard InChI is InChI=1S/C19H26N2/c1-6-17(20-4)16-9-7-8-10-19(16)21(5)18-12-11-14(2)13-15(18)3/h7-13,17,20H,6H2,1-5H3. The highest BCUT2D eigenvalue weighted by atomic mass is 15.1. The molecule has 0 aliphatic heterocycles. The van der Waals surface area contributed by atoms with Crippen molar-refractivity contribution < 1.29 is 0 Å². The molecule has 1 atom stereocenters. The largest absolute Gasteiger partial charge is 0.344 e. The van der Waals surface area contributed by atoms with Crippen molar-refractivity contribution in [1.82, 2.24) is 5.32 Å². The van der Waals surface area contributed by atoms with Crippen LogP contribution in [-0.2, 0) is 0 Å². The predicted octanol–water partition coefficient (Wildman–Crippen LogP) is 4.74. The van der Waals surface area contributed by atoms with Crippen LogP contribution in [0, 0.1) is 13.8 Å². The molecule has 0 aromatic heterocycles. The number of para-hydroxylation sites is 1. The van der Waals surface area contributed by atoms with E-state index in [-0.39, 0.29) is 0 Å². The molecule has 0 bridgehead atoms. The normalized spacial score (nSPS) is 12.2. The fourth-order valence-electron chi connectivity index (χ4n) is 2.98. The maximum atomic E-state index is 3.41. The summed E-state index contributed by atoms with van der Waals surface area (Å²) in [7, 11) is 4.18. The minimum atomic E-state index is 0.384. The van der Waals surface area contributed by atoms with E-state index in [0.717, 1.165) is 6.42 Å². The molecule has 2 heteroatoms. The molecule has 112 valence electrons. The Bertz CT molecular complexity index is 600. The highest BCUT2D eigenvalue weighted by Gasteiger charge is 2.15. The third-order valence-electron chi connectivity index (χ3n) is 4.14. The second kappa shape index (κ2) is 6.77. The lowest BCUT2D eigenvalue weighted by molar-refractivity contribution is 0.577. The first kappa shape index (κ1) is 15.6. The van der Waals surface area contributed by atoms with E-state index in [0.29, 0.717) is 6.04 Å². The quantitative estimate of drug-likeness (QED) is 0.852. The molecule has 1 N–H and O–H groups in total. The van der Waals surface area contributed by atoms with Crippen LogP contribution in [0.15, 0.2) is 42.5 Å². The summed E-state index contributed by atoms with van der Waals surface area (Å²) in [5.41, 5.74) is 6.50. The molecule has 2 aromatic rings. The summed E-state index contributed by atoms with van der Waals surface area (Å²) in [6.45, 7) is 6.53. The number of benzene rings is 2. The van der Waals surface area contributed by atoms with Crippen molar-refractivity contribution >= 4 is 11.4 Å². The first-order chi connectivity index (χ1) is 10.1. The summed E-state index contributed by atoms with van der Waals surface area (Å²) in [5.74, 6) is 0. The van der Waals surface area contributed by atoms with Gasteiger partial charge in [0.2, 0.25) is 0 Å². The molecule has 0 fully saturated rings. The minimum absolute atomic E-state index is 0.384. The molecule has 0 saturated heterocycles. The number of anilines is 2. The Morgan fingerprint density at radius 2 is 1.76 bits per heavy atom. The van der Waals surface area contributed by atoms with Gasteiger partial charge in [-0.25, -0.2) is 0 Å². The van der Waals surface area contributed by atoms with Gasteiger partial charge in [-0.15, -0.1) is 0 Å². The highest BCUT2D eigenvalue weighted by molar-refractivity contribution is 5.69. The van der Waals surface area contributed by atoms with Crippen LogP contribution in [0.4, 0.5) is 11.4 Å². The van der Waals surface area contributed by atoms with Gasteiger partial charge in [-0.2, -0.15) is 0 Å². The molecular formula is C19H26N2. The monoisotopic (exact) mass is 282 g/mol. The van der Waals surface area contributed by atoms with Gasteiger partial charge < -0.3 is 10.2 Å². The van der Waals surface area contributed by atoms with Crippen molar-refractivity contribution in [3.8, 4) is 0 Å². The Morgan fingerprint density at radius 1 is 1.05 bits per heavy atom. The molecule has 2 nitrogen and oxygen atoms in total. The molecule has 0 aliphatic rings. The molecular weight excluding hydrogens is 256 g/mol. The minimum Gasteiger partial charge on any atom is -0.344 e. The average Bonchev–Trinajstić information content (AvgIpc) is 2.48. The van der Waals surface area contributed by atoms with Crippen molar-refractivity contribution in [2.24, 2.45) is 0 Å². The van der Waals surface area contributed by atoms with Gasteiger partial charge in [0, 0.05) is 24.5 Å². The Balaban J connectivity index is 2.46. The van der Waals surface area contributed by atoms with Crippen molar-refractivity contribution in [2.45, 2.75) is 33.2 Å². The van der Waals surface area contributed by atoms with Crippen LogP contribution in [0.1, 0.15) is 36.1 Å². The Kier molecular flexibility index (Phi) is 5.03. The summed E-state index contributed by atoms with van der Waals surface area (Å²) >= 11 is 0. The second-order valence-corrected chi connectivity index (χ2v) is 5.66. The van der Waals surface area contributed by atoms with E-state index >= 15 is 0 Å². The third-order valence-corrected chi connectivity index (χ3v) is 4.14. The lowest BCUT2D eigenvalue weighted by Gasteiger charge is -2.27. The average molecular weight is 282 g/mol. The SMILES string of the molecule is CCC(NC)c1ccccc1N(C)c1ccc(C)cc1C. The van der Waals surface area contributed by atoms with Crippen molar-refractivity contribution in [1.29, 1.82) is 0 Å². The van der Waals surface area contributed by atoms with Crippen molar-refractivity contribution in [3.63, 3.8) is 0 Å². The van der Waals surface area contributed by atoms with E-state index in [1.165, 1.54) is 28.1 Å². The summed E-state index contributed by atoms with van der Waals surface area (Å²) in [6, 6.07) is 15.7. The van der Waals surface area contributed by atoms with Crippen LogP contribution >= 0.6 is 0 Å². The molecule has 0 amide bonds. The van der Waals surface area contributed by atoms with Crippen LogP contribution < -0.4 is 10.2 Å². The van der Waals surface area contributed by atoms with E-state index in [2.05, 4.69) is 80.5 Å². The topological polar surface area (TPSA) is 15.3 Å². The van der Waals surface area contributed by atoms with E-state index < -0.39 is 0 Å². The first-order valence-corrected chi connectivity index (χ1v) is 7.65. The van der Waals surface area contributed by atoms with Gasteiger partial charge in [-0.1, -0.05) is 42.8 Å². The zero-order chi connectivity index (χ0) is 15.4. The van der Waals surface area contributed by atoms with E-state index in [1.807, 2.05) is 7.05 Å². The number of rotatable bonds is 5. The first-order valence-electron chi connectivity index (χ1n) is 7.65. The fourth-order valence-corrected chi connectivity index (χ4v) is 2.98. The second-order valence-electron chi connectivity index (χ2n) is 5.66. The van der Waals surface area contributed by atoms with Crippen LogP contribution in [0.3, 0.4) is 0 Å². The summed E-state index contributed by atoms with van der Waals surface area (Å²) in [6.07, 6.45) is 1.08. The molecule has 2 rings (SSSR count). The molecule has 1 unspecified atom stereocenters. The maximum absolute atomic E-state index is 3.41. The van der Waals surface area contributed by atoms with Gasteiger partial charge in [0.25, 0.3) is 0 Å². The predicted molar refractivity (Wildman–Crippen MR) is 92.5 cm³/mol. The number of hydrogen-bond donors (Lipinski definition) is 1. The summed E-state index contributed by atoms with van der Waals surface area (Å²) in [5, 5.41) is 3.41. The maximum Gasteiger partial charge on any atom is 0.0456 e. The van der Waals surface area contributed by atoms with Crippen molar-refractivity contribution in [2.75, 3.05) is 19.0 Å². The smallest absolute Gasteiger partial charge is 0.0456 e. The Hall–Kier alpha value is -1.80. The number of aryl methyl sites for hydroxylation is 2. The van der Waals surface area contributed by atoms with Crippen LogP contribution in [-0.4, -0.2) is 14.1 Å². The summed E-state index contributed by atoms with van der Waals surface area (Å²) in [4.78, 5) is 2.30. The van der Waals surface area contributed by atoms with Gasteiger partial charge in [0.15, 0.2) is 0 Å². The van der Waals surface area contributed by atoms with Crippen LogP contribution in [0.2, 0.25) is 0 Å². The lowest BCUT2D eigenvalue weighted by atomic mass is 10.0.